The lowest BCUT2D eigenvalue weighted by atomic mass is 9.96. The smallest absolute Gasteiger partial charge is 0.0401 e. The summed E-state index contributed by atoms with van der Waals surface area (Å²) in [6.45, 7) is 12.0. The molecule has 0 saturated heterocycles. The Hall–Kier alpha value is -1.28. The maximum Gasteiger partial charge on any atom is 0.0401 e. The highest BCUT2D eigenvalue weighted by Crippen LogP contribution is 2.29. The van der Waals surface area contributed by atoms with Gasteiger partial charge in [-0.2, -0.15) is 0 Å². The van der Waals surface area contributed by atoms with Crippen LogP contribution in [0, 0.1) is 0 Å². The van der Waals surface area contributed by atoms with Gasteiger partial charge < -0.3 is 10.2 Å². The summed E-state index contributed by atoms with van der Waals surface area (Å²) in [5.41, 5.74) is 5.76. The molecule has 1 heterocycles. The van der Waals surface area contributed by atoms with Crippen molar-refractivity contribution in [2.24, 2.45) is 0 Å². The predicted octanol–water partition coefficient (Wildman–Crippen LogP) is 4.08. The van der Waals surface area contributed by atoms with E-state index >= 15 is 0 Å². The number of hydrogen-bond donors (Lipinski definition) is 1. The summed E-state index contributed by atoms with van der Waals surface area (Å²) in [5.74, 6) is 0. The minimum Gasteiger partial charge on any atom is -0.368 e. The maximum atomic E-state index is 3.50. The fourth-order valence-electron chi connectivity index (χ4n) is 2.87. The van der Waals surface area contributed by atoms with Gasteiger partial charge in [0.15, 0.2) is 0 Å². The van der Waals surface area contributed by atoms with Gasteiger partial charge in [-0.15, -0.1) is 0 Å². The van der Waals surface area contributed by atoms with Crippen molar-refractivity contribution in [3.05, 3.63) is 41.0 Å². The molecule has 1 aromatic carbocycles. The molecule has 1 aromatic rings. The van der Waals surface area contributed by atoms with E-state index in [9.17, 15) is 0 Å². The standard InChI is InChI=1S/C18H28N2/c1-5-19-15(4)16-8-9-18-17(13-16)7-6-11-20(18)12-10-14(2)3/h8-10,13,15,19H,5-7,11-12H2,1-4H3. The van der Waals surface area contributed by atoms with Crippen LogP contribution in [-0.4, -0.2) is 19.6 Å². The molecule has 2 rings (SSSR count). The minimum atomic E-state index is 0.443. The van der Waals surface area contributed by atoms with Gasteiger partial charge in [-0.25, -0.2) is 0 Å². The summed E-state index contributed by atoms with van der Waals surface area (Å²) in [7, 11) is 0. The zero-order valence-electron chi connectivity index (χ0n) is 13.4. The topological polar surface area (TPSA) is 15.3 Å². The van der Waals surface area contributed by atoms with E-state index < -0.39 is 0 Å². The van der Waals surface area contributed by atoms with E-state index in [1.807, 2.05) is 0 Å². The van der Waals surface area contributed by atoms with Crippen LogP contribution in [0.3, 0.4) is 0 Å². The lowest BCUT2D eigenvalue weighted by molar-refractivity contribution is 0.596. The van der Waals surface area contributed by atoms with Crippen LogP contribution in [0.25, 0.3) is 0 Å². The first-order valence-electron chi connectivity index (χ1n) is 7.86. The molecule has 0 radical (unpaired) electrons. The largest absolute Gasteiger partial charge is 0.368 e. The number of allylic oxidation sites excluding steroid dienone is 1. The normalized spacial score (nSPS) is 15.7. The number of rotatable bonds is 5. The number of nitrogens with zero attached hydrogens (tertiary/aromatic N) is 1. The Labute approximate surface area is 123 Å². The number of fused-ring (bicyclic) bond motifs is 1. The Balaban J connectivity index is 2.19. The molecule has 1 aliphatic heterocycles. The Kier molecular flexibility index (Phi) is 5.24. The van der Waals surface area contributed by atoms with Gasteiger partial charge in [-0.1, -0.05) is 30.7 Å². The molecule has 0 amide bonds. The minimum absolute atomic E-state index is 0.443. The van der Waals surface area contributed by atoms with Crippen molar-refractivity contribution in [1.82, 2.24) is 5.32 Å². The summed E-state index contributed by atoms with van der Waals surface area (Å²) >= 11 is 0. The summed E-state index contributed by atoms with van der Waals surface area (Å²) in [4.78, 5) is 2.51. The van der Waals surface area contributed by atoms with E-state index in [4.69, 9.17) is 0 Å². The third-order valence-corrected chi connectivity index (χ3v) is 4.05. The van der Waals surface area contributed by atoms with Gasteiger partial charge in [0.05, 0.1) is 0 Å². The van der Waals surface area contributed by atoms with Crippen molar-refractivity contribution in [2.75, 3.05) is 24.5 Å². The second kappa shape index (κ2) is 6.94. The Morgan fingerprint density at radius 2 is 2.20 bits per heavy atom. The summed E-state index contributed by atoms with van der Waals surface area (Å²) < 4.78 is 0. The van der Waals surface area contributed by atoms with Crippen LogP contribution >= 0.6 is 0 Å². The Morgan fingerprint density at radius 3 is 2.90 bits per heavy atom. The van der Waals surface area contributed by atoms with Crippen LogP contribution in [0.15, 0.2) is 29.8 Å². The second-order valence-electron chi connectivity index (χ2n) is 6.00. The van der Waals surface area contributed by atoms with Crippen molar-refractivity contribution in [3.8, 4) is 0 Å². The van der Waals surface area contributed by atoms with E-state index in [1.54, 1.807) is 0 Å². The van der Waals surface area contributed by atoms with Gasteiger partial charge in [0.1, 0.15) is 0 Å². The predicted molar refractivity (Wildman–Crippen MR) is 88.5 cm³/mol. The van der Waals surface area contributed by atoms with Crippen LogP contribution in [0.2, 0.25) is 0 Å². The first-order chi connectivity index (χ1) is 9.61. The van der Waals surface area contributed by atoms with Gasteiger partial charge >= 0.3 is 0 Å². The zero-order chi connectivity index (χ0) is 14.5. The van der Waals surface area contributed by atoms with Gasteiger partial charge in [-0.05, 0) is 57.4 Å². The van der Waals surface area contributed by atoms with E-state index in [0.29, 0.717) is 6.04 Å². The molecule has 110 valence electrons. The van der Waals surface area contributed by atoms with Gasteiger partial charge in [0.2, 0.25) is 0 Å². The molecule has 1 aliphatic rings. The second-order valence-corrected chi connectivity index (χ2v) is 6.00. The maximum absolute atomic E-state index is 3.50. The number of anilines is 1. The summed E-state index contributed by atoms with van der Waals surface area (Å²) in [6, 6.07) is 7.44. The third kappa shape index (κ3) is 3.63. The quantitative estimate of drug-likeness (QED) is 0.813. The molecule has 0 bridgehead atoms. The van der Waals surface area contributed by atoms with Crippen LogP contribution in [0.4, 0.5) is 5.69 Å². The molecule has 0 fully saturated rings. The number of aryl methyl sites for hydroxylation is 1. The van der Waals surface area contributed by atoms with Crippen LogP contribution < -0.4 is 10.2 Å². The van der Waals surface area contributed by atoms with Gasteiger partial charge in [0.25, 0.3) is 0 Å². The van der Waals surface area contributed by atoms with Crippen LogP contribution in [0.5, 0.6) is 0 Å². The summed E-state index contributed by atoms with van der Waals surface area (Å²) in [5, 5.41) is 3.50. The Bertz CT molecular complexity index is 472. The van der Waals surface area contributed by atoms with Gasteiger partial charge in [0, 0.05) is 24.8 Å². The molecule has 0 aliphatic carbocycles. The third-order valence-electron chi connectivity index (χ3n) is 4.05. The SMILES string of the molecule is CCNC(C)c1ccc2c(c1)CCCN2CC=C(C)C. The van der Waals surface area contributed by atoms with E-state index in [2.05, 4.69) is 62.2 Å². The average molecular weight is 272 g/mol. The molecule has 1 unspecified atom stereocenters. The molecule has 1 atom stereocenters. The van der Waals surface area contributed by atoms with Crippen molar-refractivity contribution >= 4 is 5.69 Å². The van der Waals surface area contributed by atoms with Crippen molar-refractivity contribution in [1.29, 1.82) is 0 Å². The molecule has 0 saturated carbocycles. The molecule has 0 aromatic heterocycles. The Morgan fingerprint density at radius 1 is 1.40 bits per heavy atom. The number of nitrogens with one attached hydrogen (secondary N) is 1. The van der Waals surface area contributed by atoms with E-state index in [1.165, 1.54) is 41.8 Å². The lowest BCUT2D eigenvalue weighted by Gasteiger charge is -2.31. The fourth-order valence-corrected chi connectivity index (χ4v) is 2.87. The van der Waals surface area contributed by atoms with Crippen molar-refractivity contribution in [3.63, 3.8) is 0 Å². The first-order valence-corrected chi connectivity index (χ1v) is 7.86. The highest BCUT2D eigenvalue weighted by molar-refractivity contribution is 5.57. The van der Waals surface area contributed by atoms with E-state index in [-0.39, 0.29) is 0 Å². The monoisotopic (exact) mass is 272 g/mol. The molecular weight excluding hydrogens is 244 g/mol. The van der Waals surface area contributed by atoms with E-state index in [0.717, 1.165) is 13.1 Å². The fraction of sp³-hybridized carbons (Fsp3) is 0.556. The zero-order valence-corrected chi connectivity index (χ0v) is 13.4. The molecule has 2 nitrogen and oxygen atoms in total. The molecular formula is C18H28N2. The number of benzene rings is 1. The first kappa shape index (κ1) is 15.1. The van der Waals surface area contributed by atoms with Gasteiger partial charge in [-0.3, -0.25) is 0 Å². The highest BCUT2D eigenvalue weighted by Gasteiger charge is 2.17. The average Bonchev–Trinajstić information content (AvgIpc) is 2.44. The van der Waals surface area contributed by atoms with Crippen molar-refractivity contribution in [2.45, 2.75) is 46.6 Å². The highest BCUT2D eigenvalue weighted by atomic mass is 15.1. The molecule has 2 heteroatoms. The summed E-state index contributed by atoms with van der Waals surface area (Å²) in [6.07, 6.45) is 4.81. The van der Waals surface area contributed by atoms with Crippen LogP contribution in [-0.2, 0) is 6.42 Å². The number of hydrogen-bond acceptors (Lipinski definition) is 2. The molecule has 20 heavy (non-hydrogen) atoms. The van der Waals surface area contributed by atoms with Crippen LogP contribution in [0.1, 0.15) is 51.3 Å². The lowest BCUT2D eigenvalue weighted by Crippen LogP contribution is -2.30. The molecule has 1 N–H and O–H groups in total. The van der Waals surface area contributed by atoms with Crippen molar-refractivity contribution < 1.29 is 0 Å². The molecule has 0 spiro atoms.